The van der Waals surface area contributed by atoms with Crippen LogP contribution in [0.15, 0.2) is 24.3 Å². The Morgan fingerprint density at radius 1 is 1.27 bits per heavy atom. The van der Waals surface area contributed by atoms with Crippen LogP contribution in [-0.2, 0) is 20.4 Å². The molecule has 1 aromatic carbocycles. The van der Waals surface area contributed by atoms with Gasteiger partial charge >= 0.3 is 74.6 Å². The van der Waals surface area contributed by atoms with Gasteiger partial charge in [0, 0.05) is 0 Å². The number of rotatable bonds is 0. The van der Waals surface area contributed by atoms with E-state index in [-0.39, 0.29) is 7.43 Å². The second-order valence-electron chi connectivity index (χ2n) is 1.99. The molecule has 0 aliphatic rings. The number of thiazole rings is 1. The molecule has 0 unspecified atom stereocenters. The van der Waals surface area contributed by atoms with E-state index in [2.05, 4.69) is 11.1 Å². The van der Waals surface area contributed by atoms with Gasteiger partial charge in [0.1, 0.15) is 0 Å². The molecule has 0 aliphatic carbocycles. The van der Waals surface area contributed by atoms with Crippen LogP contribution in [0.3, 0.4) is 0 Å². The molecule has 1 nitrogen and oxygen atoms in total. The van der Waals surface area contributed by atoms with Crippen LogP contribution in [0.4, 0.5) is 0 Å². The first-order chi connectivity index (χ1) is 4.86. The molecule has 0 aliphatic heterocycles. The van der Waals surface area contributed by atoms with Gasteiger partial charge in [0.15, 0.2) is 0 Å². The number of nitrogens with zero attached hydrogens (tertiary/aromatic N) is 1. The summed E-state index contributed by atoms with van der Waals surface area (Å²) in [5.74, 6) is 0. The van der Waals surface area contributed by atoms with E-state index in [1.54, 1.807) is 11.3 Å². The van der Waals surface area contributed by atoms with Gasteiger partial charge in [-0.05, 0) is 0 Å². The Labute approximate surface area is 81.9 Å². The van der Waals surface area contributed by atoms with Crippen LogP contribution in [0.2, 0.25) is 0 Å². The predicted octanol–water partition coefficient (Wildman–Crippen LogP) is 2.10. The zero-order valence-electron chi connectivity index (χ0n) is 5.16. The van der Waals surface area contributed by atoms with E-state index in [9.17, 15) is 0 Å². The van der Waals surface area contributed by atoms with Gasteiger partial charge in [-0.2, -0.15) is 0 Å². The fraction of sp³-hybridized carbons (Fsp3) is 0.125. The Morgan fingerprint density at radius 3 is 2.73 bits per heavy atom. The maximum atomic E-state index is 4.33. The molecular formula is C8H8NSTi. The Hall–Kier alpha value is -0.176. The SMILES string of the molecule is C.[Ti][c]1nc2ccccc2s1. The second kappa shape index (κ2) is 3.48. The molecule has 1 heterocycles. The minimum absolute atomic E-state index is 0. The van der Waals surface area contributed by atoms with Crippen molar-refractivity contribution in [2.24, 2.45) is 0 Å². The molecule has 0 spiro atoms. The number of fused-ring (bicyclic) bond motifs is 1. The van der Waals surface area contributed by atoms with Gasteiger partial charge < -0.3 is 0 Å². The van der Waals surface area contributed by atoms with Crippen molar-refractivity contribution in [1.82, 2.24) is 4.98 Å². The van der Waals surface area contributed by atoms with Gasteiger partial charge in [0.25, 0.3) is 0 Å². The summed E-state index contributed by atoms with van der Waals surface area (Å²) in [4.78, 5) is 4.33. The van der Waals surface area contributed by atoms with Gasteiger partial charge in [0.2, 0.25) is 0 Å². The molecule has 0 saturated heterocycles. The van der Waals surface area contributed by atoms with E-state index in [1.807, 2.05) is 38.6 Å². The minimum atomic E-state index is 0. The normalized spacial score (nSPS) is 9.36. The Balaban J connectivity index is 0.000000605. The van der Waals surface area contributed by atoms with Crippen LogP contribution in [-0.4, -0.2) is 4.98 Å². The Morgan fingerprint density at radius 2 is 2.00 bits per heavy atom. The number of para-hydroxylation sites is 1. The van der Waals surface area contributed by atoms with Gasteiger partial charge in [-0.15, -0.1) is 0 Å². The van der Waals surface area contributed by atoms with Crippen molar-refractivity contribution in [3.8, 4) is 0 Å². The third-order valence-electron chi connectivity index (χ3n) is 1.29. The van der Waals surface area contributed by atoms with Gasteiger partial charge in [-0.3, -0.25) is 0 Å². The third-order valence-corrected chi connectivity index (χ3v) is 2.80. The van der Waals surface area contributed by atoms with Crippen LogP contribution in [0.5, 0.6) is 0 Å². The van der Waals surface area contributed by atoms with Crippen molar-refractivity contribution in [3.63, 3.8) is 0 Å². The number of hydrogen-bond donors (Lipinski definition) is 0. The van der Waals surface area contributed by atoms with Crippen molar-refractivity contribution in [3.05, 3.63) is 24.3 Å². The monoisotopic (exact) mass is 198 g/mol. The van der Waals surface area contributed by atoms with Crippen LogP contribution >= 0.6 is 11.3 Å². The summed E-state index contributed by atoms with van der Waals surface area (Å²) in [7, 11) is 0. The summed E-state index contributed by atoms with van der Waals surface area (Å²) in [6.07, 6.45) is 0. The van der Waals surface area contributed by atoms with Crippen molar-refractivity contribution in [2.45, 2.75) is 7.43 Å². The average Bonchev–Trinajstić information content (AvgIpc) is 2.27. The molecule has 0 N–H and O–H groups in total. The van der Waals surface area contributed by atoms with Crippen molar-refractivity contribution >= 4 is 24.9 Å². The van der Waals surface area contributed by atoms with E-state index >= 15 is 0 Å². The van der Waals surface area contributed by atoms with Gasteiger partial charge in [-0.25, -0.2) is 0 Å². The van der Waals surface area contributed by atoms with E-state index < -0.39 is 0 Å². The topological polar surface area (TPSA) is 12.9 Å². The number of aromatic nitrogens is 1. The number of benzene rings is 1. The van der Waals surface area contributed by atoms with E-state index in [4.69, 9.17) is 0 Å². The summed E-state index contributed by atoms with van der Waals surface area (Å²) >= 11 is 3.77. The quantitative estimate of drug-likeness (QED) is 0.590. The van der Waals surface area contributed by atoms with Crippen LogP contribution in [0, 0.1) is 0 Å². The van der Waals surface area contributed by atoms with E-state index in [0.717, 1.165) is 8.83 Å². The molecule has 0 fully saturated rings. The average molecular weight is 198 g/mol. The fourth-order valence-corrected chi connectivity index (χ4v) is 2.29. The van der Waals surface area contributed by atoms with Crippen molar-refractivity contribution < 1.29 is 20.4 Å². The Kier molecular flexibility index (Phi) is 2.82. The van der Waals surface area contributed by atoms with E-state index in [0.29, 0.717) is 0 Å². The standard InChI is InChI=1S/C7H4NS.CH4.Ti/c1-2-4-7-6(3-1)8-5-9-7;;/h1-4H;1H4;. The van der Waals surface area contributed by atoms with Crippen molar-refractivity contribution in [2.75, 3.05) is 0 Å². The molecular weight excluding hydrogens is 190 g/mol. The van der Waals surface area contributed by atoms with Gasteiger partial charge in [0.05, 0.1) is 0 Å². The fourth-order valence-electron chi connectivity index (χ4n) is 0.872. The van der Waals surface area contributed by atoms with E-state index in [1.165, 1.54) is 4.70 Å². The van der Waals surface area contributed by atoms with Crippen LogP contribution in [0.1, 0.15) is 7.43 Å². The molecule has 1 aromatic heterocycles. The molecule has 2 aromatic rings. The zero-order chi connectivity index (χ0) is 6.97. The molecule has 2 rings (SSSR count). The molecule has 0 saturated carbocycles. The summed E-state index contributed by atoms with van der Waals surface area (Å²) in [6, 6.07) is 8.19. The zero-order valence-corrected chi connectivity index (χ0v) is 7.54. The summed E-state index contributed by atoms with van der Waals surface area (Å²) in [5, 5.41) is 0. The van der Waals surface area contributed by atoms with Crippen LogP contribution < -0.4 is 3.31 Å². The Bertz CT molecular complexity index is 323. The van der Waals surface area contributed by atoms with Gasteiger partial charge in [-0.1, -0.05) is 7.43 Å². The molecule has 3 heteroatoms. The first-order valence-electron chi connectivity index (χ1n) is 2.93. The first-order valence-corrected chi connectivity index (χ1v) is 4.53. The summed E-state index contributed by atoms with van der Waals surface area (Å²) in [5.41, 5.74) is 1.12. The second-order valence-corrected chi connectivity index (χ2v) is 4.32. The van der Waals surface area contributed by atoms with Crippen molar-refractivity contribution in [1.29, 1.82) is 0 Å². The molecule has 0 radical (unpaired) electrons. The number of hydrogen-bond acceptors (Lipinski definition) is 2. The molecule has 55 valence electrons. The van der Waals surface area contributed by atoms with Crippen LogP contribution in [0.25, 0.3) is 10.2 Å². The summed E-state index contributed by atoms with van der Waals surface area (Å²) in [6.45, 7) is 0. The molecule has 0 bridgehead atoms. The summed E-state index contributed by atoms with van der Waals surface area (Å²) < 4.78 is 2.42. The maximum absolute atomic E-state index is 4.33. The third kappa shape index (κ3) is 1.70. The molecule has 0 atom stereocenters. The predicted molar refractivity (Wildman–Crippen MR) is 46.0 cm³/mol. The first kappa shape index (κ1) is 8.92. The molecule has 0 amide bonds. The molecule has 11 heavy (non-hydrogen) atoms.